The molecule has 7 heteroatoms. The normalized spacial score (nSPS) is 11.6. The van der Waals surface area contributed by atoms with Gasteiger partial charge in [-0.3, -0.25) is 9.36 Å². The molecule has 0 aliphatic heterocycles. The zero-order chi connectivity index (χ0) is 20.9. The number of nitrogens with zero attached hydrogens (tertiary/aromatic N) is 4. The number of hydrogen-bond acceptors (Lipinski definition) is 5. The lowest BCUT2D eigenvalue weighted by Crippen LogP contribution is -2.18. The minimum atomic E-state index is 0.0443. The van der Waals surface area contributed by atoms with E-state index in [2.05, 4.69) is 52.9 Å². The summed E-state index contributed by atoms with van der Waals surface area (Å²) in [6.07, 6.45) is 2.04. The number of rotatable bonds is 9. The van der Waals surface area contributed by atoms with Gasteiger partial charge < -0.3 is 4.57 Å². The fourth-order valence-electron chi connectivity index (χ4n) is 3.34. The smallest absolute Gasteiger partial charge is 0.304 e. The molecule has 2 aromatic heterocycles. The van der Waals surface area contributed by atoms with Gasteiger partial charge in [0.25, 0.3) is 0 Å². The molecule has 4 rings (SSSR count). The second-order valence-electron chi connectivity index (χ2n) is 7.74. The van der Waals surface area contributed by atoms with Crippen LogP contribution in [0.1, 0.15) is 31.7 Å². The number of aryl methyl sites for hydroxylation is 1. The minimum Gasteiger partial charge on any atom is -0.304 e. The summed E-state index contributed by atoms with van der Waals surface area (Å²) in [6.45, 7) is 5.71. The maximum atomic E-state index is 12.6. The van der Waals surface area contributed by atoms with Crippen molar-refractivity contribution in [3.63, 3.8) is 0 Å². The Balaban J connectivity index is 1.61. The van der Waals surface area contributed by atoms with E-state index in [-0.39, 0.29) is 4.87 Å². The quantitative estimate of drug-likeness (QED) is 0.342. The second-order valence-corrected chi connectivity index (χ2v) is 9.79. The van der Waals surface area contributed by atoms with Gasteiger partial charge in [-0.2, -0.15) is 0 Å². The Morgan fingerprint density at radius 2 is 1.77 bits per heavy atom. The Morgan fingerprint density at radius 1 is 1.00 bits per heavy atom. The molecule has 2 aromatic carbocycles. The third-order valence-electron chi connectivity index (χ3n) is 5.06. The summed E-state index contributed by atoms with van der Waals surface area (Å²) < 4.78 is 5.01. The topological polar surface area (TPSA) is 52.7 Å². The molecule has 0 radical (unpaired) electrons. The van der Waals surface area contributed by atoms with Gasteiger partial charge in [0.2, 0.25) is 0 Å². The van der Waals surface area contributed by atoms with Gasteiger partial charge in [0.15, 0.2) is 11.0 Å². The summed E-state index contributed by atoms with van der Waals surface area (Å²) >= 11 is 3.04. The van der Waals surface area contributed by atoms with Crippen LogP contribution in [0.3, 0.4) is 0 Å². The Morgan fingerprint density at radius 3 is 2.57 bits per heavy atom. The molecule has 0 aliphatic carbocycles. The van der Waals surface area contributed by atoms with E-state index in [1.165, 1.54) is 16.9 Å². The third-order valence-corrected chi connectivity index (χ3v) is 7.02. The first-order chi connectivity index (χ1) is 14.6. The van der Waals surface area contributed by atoms with Gasteiger partial charge in [0.1, 0.15) is 0 Å². The van der Waals surface area contributed by atoms with Crippen molar-refractivity contribution in [3.8, 4) is 0 Å². The molecule has 0 aliphatic rings. The molecule has 2 heterocycles. The van der Waals surface area contributed by atoms with Crippen LogP contribution in [0.25, 0.3) is 10.2 Å². The summed E-state index contributed by atoms with van der Waals surface area (Å²) in [7, 11) is 0. The van der Waals surface area contributed by atoms with Crippen LogP contribution in [0, 0.1) is 5.92 Å². The predicted molar refractivity (Wildman–Crippen MR) is 126 cm³/mol. The van der Waals surface area contributed by atoms with Crippen LogP contribution in [0.5, 0.6) is 0 Å². The van der Waals surface area contributed by atoms with E-state index in [0.717, 1.165) is 46.3 Å². The average molecular weight is 439 g/mol. The van der Waals surface area contributed by atoms with Crippen LogP contribution in [0.4, 0.5) is 0 Å². The number of para-hydroxylation sites is 1. The van der Waals surface area contributed by atoms with Gasteiger partial charge in [-0.05, 0) is 36.5 Å². The zero-order valence-corrected chi connectivity index (χ0v) is 19.0. The van der Waals surface area contributed by atoms with E-state index < -0.39 is 0 Å². The van der Waals surface area contributed by atoms with Crippen LogP contribution in [0.15, 0.2) is 64.5 Å². The molecule has 0 fully saturated rings. The summed E-state index contributed by atoms with van der Waals surface area (Å²) in [4.78, 5) is 12.7. The van der Waals surface area contributed by atoms with Crippen LogP contribution >= 0.6 is 23.1 Å². The second kappa shape index (κ2) is 9.62. The summed E-state index contributed by atoms with van der Waals surface area (Å²) in [6, 6.07) is 18.4. The van der Waals surface area contributed by atoms with E-state index >= 15 is 0 Å². The molecule has 0 atom stereocenters. The summed E-state index contributed by atoms with van der Waals surface area (Å²) in [5, 5.41) is 9.90. The molecular formula is C23H26N4OS2. The van der Waals surface area contributed by atoms with E-state index in [1.807, 2.05) is 34.9 Å². The Labute approximate surface area is 184 Å². The molecule has 0 N–H and O–H groups in total. The first-order valence-corrected chi connectivity index (χ1v) is 12.1. The summed E-state index contributed by atoms with van der Waals surface area (Å²) in [5.74, 6) is 2.51. The number of fused-ring (bicyclic) bond motifs is 1. The molecule has 30 heavy (non-hydrogen) atoms. The molecule has 0 spiro atoms. The van der Waals surface area contributed by atoms with E-state index in [0.29, 0.717) is 12.5 Å². The van der Waals surface area contributed by atoms with Crippen molar-refractivity contribution >= 4 is 33.3 Å². The first-order valence-electron chi connectivity index (χ1n) is 10.3. The van der Waals surface area contributed by atoms with Crippen molar-refractivity contribution in [2.24, 2.45) is 5.92 Å². The number of thiazole rings is 1. The highest BCUT2D eigenvalue weighted by Crippen LogP contribution is 2.22. The highest BCUT2D eigenvalue weighted by Gasteiger charge is 2.16. The largest absolute Gasteiger partial charge is 0.308 e. The molecule has 0 bridgehead atoms. The van der Waals surface area contributed by atoms with Crippen LogP contribution in [-0.4, -0.2) is 25.1 Å². The number of thioether (sulfide) groups is 1. The Bertz CT molecular complexity index is 1160. The minimum absolute atomic E-state index is 0.0443. The zero-order valence-electron chi connectivity index (χ0n) is 17.3. The molecule has 156 valence electrons. The predicted octanol–water partition coefficient (Wildman–Crippen LogP) is 5.08. The lowest BCUT2D eigenvalue weighted by atomic mass is 10.1. The average Bonchev–Trinajstić information content (AvgIpc) is 3.27. The van der Waals surface area contributed by atoms with Crippen LogP contribution < -0.4 is 4.87 Å². The van der Waals surface area contributed by atoms with Crippen molar-refractivity contribution in [2.45, 2.75) is 44.9 Å². The van der Waals surface area contributed by atoms with Crippen molar-refractivity contribution in [2.75, 3.05) is 5.75 Å². The van der Waals surface area contributed by atoms with Gasteiger partial charge >= 0.3 is 4.87 Å². The maximum absolute atomic E-state index is 12.6. The van der Waals surface area contributed by atoms with Crippen LogP contribution in [0.2, 0.25) is 0 Å². The molecular weight excluding hydrogens is 412 g/mol. The maximum Gasteiger partial charge on any atom is 0.308 e. The standard InChI is InChI=1S/C23H26N4OS2/c1-17(2)13-15-29-22-25-24-21(26(22)14-12-18-8-4-3-5-9-18)16-27-19-10-6-7-11-20(19)30-23(27)28/h3-11,17H,12-16H2,1-2H3. The van der Waals surface area contributed by atoms with Crippen molar-refractivity contribution in [3.05, 3.63) is 75.7 Å². The monoisotopic (exact) mass is 438 g/mol. The van der Waals surface area contributed by atoms with Gasteiger partial charge in [-0.25, -0.2) is 0 Å². The van der Waals surface area contributed by atoms with Crippen LogP contribution in [-0.2, 0) is 19.5 Å². The van der Waals surface area contributed by atoms with E-state index in [9.17, 15) is 4.79 Å². The molecule has 4 aromatic rings. The van der Waals surface area contributed by atoms with Crippen molar-refractivity contribution in [1.82, 2.24) is 19.3 Å². The van der Waals surface area contributed by atoms with Gasteiger partial charge in [-0.1, -0.05) is 79.4 Å². The van der Waals surface area contributed by atoms with Gasteiger partial charge in [0, 0.05) is 12.3 Å². The summed E-state index contributed by atoms with van der Waals surface area (Å²) in [5.41, 5.74) is 2.24. The van der Waals surface area contributed by atoms with E-state index in [4.69, 9.17) is 0 Å². The fraction of sp³-hybridized carbons (Fsp3) is 0.348. The Kier molecular flexibility index (Phi) is 6.69. The molecule has 5 nitrogen and oxygen atoms in total. The molecule has 0 unspecified atom stereocenters. The highest BCUT2D eigenvalue weighted by molar-refractivity contribution is 7.99. The number of benzene rings is 2. The van der Waals surface area contributed by atoms with Gasteiger partial charge in [0.05, 0.1) is 16.8 Å². The number of hydrogen-bond donors (Lipinski definition) is 0. The Hall–Kier alpha value is -2.38. The fourth-order valence-corrected chi connectivity index (χ4v) is 5.46. The lowest BCUT2D eigenvalue weighted by Gasteiger charge is -2.11. The van der Waals surface area contributed by atoms with Crippen molar-refractivity contribution < 1.29 is 0 Å². The molecule has 0 amide bonds. The third kappa shape index (κ3) is 4.84. The first kappa shape index (κ1) is 20.9. The van der Waals surface area contributed by atoms with Gasteiger partial charge in [-0.15, -0.1) is 10.2 Å². The number of aromatic nitrogens is 4. The highest BCUT2D eigenvalue weighted by atomic mass is 32.2. The molecule has 0 saturated carbocycles. The lowest BCUT2D eigenvalue weighted by molar-refractivity contribution is 0.584. The molecule has 0 saturated heterocycles. The van der Waals surface area contributed by atoms with Crippen molar-refractivity contribution in [1.29, 1.82) is 0 Å². The van der Waals surface area contributed by atoms with E-state index in [1.54, 1.807) is 11.8 Å². The SMILES string of the molecule is CC(C)CCSc1nnc(Cn2c(=O)sc3ccccc32)n1CCc1ccccc1.